The van der Waals surface area contributed by atoms with Crippen LogP contribution >= 0.6 is 0 Å². The van der Waals surface area contributed by atoms with Crippen molar-refractivity contribution in [3.8, 4) is 16.9 Å². The molecule has 0 amide bonds. The summed E-state index contributed by atoms with van der Waals surface area (Å²) >= 11 is 0. The molecule has 0 aromatic heterocycles. The highest BCUT2D eigenvalue weighted by Gasteiger charge is 2.17. The van der Waals surface area contributed by atoms with Gasteiger partial charge in [-0.15, -0.1) is 0 Å². The zero-order valence-electron chi connectivity index (χ0n) is 14.8. The fourth-order valence-corrected chi connectivity index (χ4v) is 2.62. The number of hydrogen-bond acceptors (Lipinski definition) is 2. The molecule has 0 heterocycles. The molecule has 0 aromatic carbocycles. The predicted molar refractivity (Wildman–Crippen MR) is 96.1 cm³/mol. The van der Waals surface area contributed by atoms with Crippen LogP contribution in [0.15, 0.2) is 18.2 Å². The SMILES string of the molecule is CC(=O)O.CCCCCCCCCCCCOc1ccc2cc1-2. The summed E-state index contributed by atoms with van der Waals surface area (Å²) in [6, 6.07) is 6.43. The normalized spacial score (nSPS) is 10.7. The highest BCUT2D eigenvalue weighted by Crippen LogP contribution is 2.43. The summed E-state index contributed by atoms with van der Waals surface area (Å²) in [5.41, 5.74) is 2.71. The number of aliphatic carboxylic acids is 1. The molecule has 0 aromatic rings. The summed E-state index contributed by atoms with van der Waals surface area (Å²) in [5.74, 6) is 0.269. The monoisotopic (exact) mass is 320 g/mol. The van der Waals surface area contributed by atoms with E-state index in [0.717, 1.165) is 19.3 Å². The highest BCUT2D eigenvalue weighted by molar-refractivity contribution is 5.87. The molecule has 0 fully saturated rings. The molecule has 3 nitrogen and oxygen atoms in total. The van der Waals surface area contributed by atoms with E-state index in [-0.39, 0.29) is 0 Å². The van der Waals surface area contributed by atoms with Crippen LogP contribution in [-0.2, 0) is 4.79 Å². The maximum atomic E-state index is 9.00. The maximum Gasteiger partial charge on any atom is 0.300 e. The van der Waals surface area contributed by atoms with Crippen molar-refractivity contribution in [1.82, 2.24) is 0 Å². The highest BCUT2D eigenvalue weighted by atomic mass is 16.5. The van der Waals surface area contributed by atoms with Gasteiger partial charge in [-0.25, -0.2) is 0 Å². The van der Waals surface area contributed by atoms with Gasteiger partial charge in [-0.3, -0.25) is 4.79 Å². The van der Waals surface area contributed by atoms with Gasteiger partial charge >= 0.3 is 0 Å². The minimum Gasteiger partial charge on any atom is -0.493 e. The van der Waals surface area contributed by atoms with Crippen LogP contribution in [-0.4, -0.2) is 17.7 Å². The lowest BCUT2D eigenvalue weighted by molar-refractivity contribution is -0.134. The van der Waals surface area contributed by atoms with Gasteiger partial charge in [0.1, 0.15) is 5.75 Å². The van der Waals surface area contributed by atoms with Crippen molar-refractivity contribution >= 4 is 5.97 Å². The topological polar surface area (TPSA) is 46.5 Å². The van der Waals surface area contributed by atoms with Gasteiger partial charge < -0.3 is 9.84 Å². The second-order valence-corrected chi connectivity index (χ2v) is 6.26. The van der Waals surface area contributed by atoms with Gasteiger partial charge in [0.15, 0.2) is 0 Å². The number of rotatable bonds is 12. The molecule has 0 saturated carbocycles. The first-order valence-corrected chi connectivity index (χ1v) is 9.12. The Morgan fingerprint density at radius 2 is 1.48 bits per heavy atom. The molecular formula is C20H32O3. The molecule has 0 aliphatic heterocycles. The largest absolute Gasteiger partial charge is 0.493 e. The number of ether oxygens (including phenoxy) is 1. The maximum absolute atomic E-state index is 9.00. The summed E-state index contributed by atoms with van der Waals surface area (Å²) in [5, 5.41) is 7.42. The third-order valence-corrected chi connectivity index (χ3v) is 3.96. The number of hydrogen-bond donors (Lipinski definition) is 1. The van der Waals surface area contributed by atoms with Gasteiger partial charge in [0.05, 0.1) is 6.61 Å². The average molecular weight is 320 g/mol. The molecule has 2 rings (SSSR count). The van der Waals surface area contributed by atoms with Crippen molar-refractivity contribution in [1.29, 1.82) is 0 Å². The molecule has 1 N–H and O–H groups in total. The fraction of sp³-hybridized carbons (Fsp3) is 0.650. The molecule has 130 valence electrons. The fourth-order valence-electron chi connectivity index (χ4n) is 2.62. The van der Waals surface area contributed by atoms with Gasteiger partial charge in [0.25, 0.3) is 5.97 Å². The van der Waals surface area contributed by atoms with Crippen molar-refractivity contribution in [2.24, 2.45) is 0 Å². The first kappa shape index (κ1) is 19.5. The number of carboxylic acids is 1. The van der Waals surface area contributed by atoms with Crippen LogP contribution in [0.3, 0.4) is 0 Å². The smallest absolute Gasteiger partial charge is 0.300 e. The summed E-state index contributed by atoms with van der Waals surface area (Å²) < 4.78 is 5.77. The molecular weight excluding hydrogens is 288 g/mol. The van der Waals surface area contributed by atoms with E-state index in [4.69, 9.17) is 14.6 Å². The zero-order chi connectivity index (χ0) is 16.9. The van der Waals surface area contributed by atoms with Gasteiger partial charge in [-0.2, -0.15) is 0 Å². The van der Waals surface area contributed by atoms with E-state index in [0.29, 0.717) is 0 Å². The molecule has 0 saturated heterocycles. The Morgan fingerprint density at radius 1 is 0.957 bits per heavy atom. The first-order chi connectivity index (χ1) is 11.1. The summed E-state index contributed by atoms with van der Waals surface area (Å²) in [4.78, 5) is 9.00. The molecule has 2 aliphatic carbocycles. The van der Waals surface area contributed by atoms with E-state index in [9.17, 15) is 0 Å². The summed E-state index contributed by atoms with van der Waals surface area (Å²) in [6.45, 7) is 4.25. The van der Waals surface area contributed by atoms with Crippen LogP contribution in [0, 0.1) is 0 Å². The van der Waals surface area contributed by atoms with E-state index >= 15 is 0 Å². The Morgan fingerprint density at radius 3 is 1.91 bits per heavy atom. The predicted octanol–water partition coefficient (Wildman–Crippen LogP) is 6.06. The number of unbranched alkanes of at least 4 members (excludes halogenated alkanes) is 9. The second kappa shape index (κ2) is 12.0. The van der Waals surface area contributed by atoms with E-state index < -0.39 is 5.97 Å². The number of carboxylic acid groups (broad SMARTS) is 1. The number of carbonyl (C=O) groups is 1. The Balaban J connectivity index is 0.000000593. The van der Waals surface area contributed by atoms with Crippen molar-refractivity contribution in [2.45, 2.75) is 78.1 Å². The Kier molecular flexibility index (Phi) is 10.2. The van der Waals surface area contributed by atoms with E-state index in [2.05, 4.69) is 25.1 Å². The minimum absolute atomic E-state index is 0.833. The van der Waals surface area contributed by atoms with Gasteiger partial charge in [-0.1, -0.05) is 70.8 Å². The second-order valence-electron chi connectivity index (χ2n) is 6.26. The number of fused-ring (bicyclic) bond motifs is 1. The van der Waals surface area contributed by atoms with E-state index in [1.54, 1.807) is 0 Å². The summed E-state index contributed by atoms with van der Waals surface area (Å²) in [6.07, 6.45) is 13.8. The lowest BCUT2D eigenvalue weighted by Gasteiger charge is -2.04. The van der Waals surface area contributed by atoms with Gasteiger partial charge in [-0.05, 0) is 24.1 Å². The third kappa shape index (κ3) is 9.98. The van der Waals surface area contributed by atoms with Crippen LogP contribution in [0.2, 0.25) is 0 Å². The first-order valence-electron chi connectivity index (χ1n) is 9.12. The van der Waals surface area contributed by atoms with Crippen LogP contribution in [0.4, 0.5) is 0 Å². The molecule has 0 radical (unpaired) electrons. The lowest BCUT2D eigenvalue weighted by atomic mass is 10.1. The summed E-state index contributed by atoms with van der Waals surface area (Å²) in [7, 11) is 0. The molecule has 2 aliphatic rings. The Bertz CT molecular complexity index is 450. The van der Waals surface area contributed by atoms with Gasteiger partial charge in [0, 0.05) is 12.5 Å². The Labute approximate surface area is 141 Å². The van der Waals surface area contributed by atoms with Gasteiger partial charge in [0.2, 0.25) is 0 Å². The molecule has 3 heteroatoms. The standard InChI is InChI=1S/C18H28O.C2H4O2/c1-2-3-4-5-6-7-8-9-10-11-14-19-18-13-12-16-15-17(16)18;1-2(3)4/h12-13,15H,2-11,14H2,1H3;1H3,(H,3,4). The van der Waals surface area contributed by atoms with Crippen molar-refractivity contribution in [2.75, 3.05) is 6.61 Å². The van der Waals surface area contributed by atoms with Crippen LogP contribution < -0.4 is 4.74 Å². The number of benzene rings is 1. The van der Waals surface area contributed by atoms with E-state index in [1.165, 1.54) is 75.3 Å². The molecule has 23 heavy (non-hydrogen) atoms. The van der Waals surface area contributed by atoms with E-state index in [1.807, 2.05) is 0 Å². The molecule has 0 spiro atoms. The van der Waals surface area contributed by atoms with Crippen LogP contribution in [0.25, 0.3) is 11.1 Å². The quantitative estimate of drug-likeness (QED) is 0.484. The average Bonchev–Trinajstić information content (AvgIpc) is 3.18. The van der Waals surface area contributed by atoms with Crippen molar-refractivity contribution in [3.63, 3.8) is 0 Å². The third-order valence-electron chi connectivity index (χ3n) is 3.96. The molecule has 0 unspecified atom stereocenters. The van der Waals surface area contributed by atoms with Crippen molar-refractivity contribution in [3.05, 3.63) is 18.2 Å². The zero-order valence-corrected chi connectivity index (χ0v) is 14.8. The van der Waals surface area contributed by atoms with Crippen LogP contribution in [0.5, 0.6) is 5.75 Å². The minimum atomic E-state index is -0.833. The molecule has 0 bridgehead atoms. The lowest BCUT2D eigenvalue weighted by Crippen LogP contribution is -1.96. The van der Waals surface area contributed by atoms with Crippen LogP contribution in [0.1, 0.15) is 78.1 Å². The van der Waals surface area contributed by atoms with Crippen molar-refractivity contribution < 1.29 is 14.6 Å². The molecule has 0 atom stereocenters. The Hall–Kier alpha value is -1.51.